The highest BCUT2D eigenvalue weighted by Crippen LogP contribution is 2.33. The molecule has 0 bridgehead atoms. The first-order valence-electron chi connectivity index (χ1n) is 13.6. The summed E-state index contributed by atoms with van der Waals surface area (Å²) in [6.07, 6.45) is -1.46. The zero-order valence-corrected chi connectivity index (χ0v) is 25.0. The van der Waals surface area contributed by atoms with Gasteiger partial charge in [0.15, 0.2) is 6.19 Å². The van der Waals surface area contributed by atoms with E-state index in [0.717, 1.165) is 48.5 Å². The van der Waals surface area contributed by atoms with Gasteiger partial charge in [-0.3, -0.25) is 4.79 Å². The predicted octanol–water partition coefficient (Wildman–Crippen LogP) is 4.74. The number of nitrogens with one attached hydrogen (secondary N) is 2. The minimum atomic E-state index is -4.48. The van der Waals surface area contributed by atoms with Crippen LogP contribution in [0.3, 0.4) is 0 Å². The molecular formula is C29H34ClF3N8OS. The van der Waals surface area contributed by atoms with Gasteiger partial charge in [0.25, 0.3) is 5.91 Å². The summed E-state index contributed by atoms with van der Waals surface area (Å²) in [4.78, 5) is 19.7. The normalized spacial score (nSPS) is 13.5. The number of carbonyl (C=O) groups excluding carboxylic acids is 1. The van der Waals surface area contributed by atoms with Crippen molar-refractivity contribution in [2.75, 3.05) is 56.0 Å². The third-order valence-electron chi connectivity index (χ3n) is 6.35. The lowest BCUT2D eigenvalue weighted by molar-refractivity contribution is -0.137. The smallest absolute Gasteiger partial charge is 0.354 e. The van der Waals surface area contributed by atoms with Gasteiger partial charge in [0.05, 0.1) is 5.56 Å². The van der Waals surface area contributed by atoms with Crippen molar-refractivity contribution in [2.24, 2.45) is 11.5 Å². The summed E-state index contributed by atoms with van der Waals surface area (Å²) >= 11 is 7.41. The molecule has 43 heavy (non-hydrogen) atoms. The second-order valence-corrected chi connectivity index (χ2v) is 11.0. The zero-order chi connectivity index (χ0) is 31.2. The first-order chi connectivity index (χ1) is 20.6. The Morgan fingerprint density at radius 2 is 1.77 bits per heavy atom. The molecule has 4 rings (SSSR count). The molecular weight excluding hydrogens is 601 g/mol. The van der Waals surface area contributed by atoms with Crippen molar-refractivity contribution in [1.82, 2.24) is 14.6 Å². The lowest BCUT2D eigenvalue weighted by Gasteiger charge is -2.34. The van der Waals surface area contributed by atoms with Gasteiger partial charge in [-0.15, -0.1) is 0 Å². The first kappa shape index (κ1) is 34.0. The molecule has 9 nitrogen and oxygen atoms in total. The molecule has 0 spiro atoms. The summed E-state index contributed by atoms with van der Waals surface area (Å²) in [6, 6.07) is 17.1. The van der Waals surface area contributed by atoms with Crippen molar-refractivity contribution >= 4 is 41.0 Å². The minimum Gasteiger partial charge on any atom is -0.354 e. The molecule has 230 valence electrons. The van der Waals surface area contributed by atoms with Crippen LogP contribution in [0.25, 0.3) is 0 Å². The van der Waals surface area contributed by atoms with Crippen molar-refractivity contribution in [1.29, 1.82) is 5.26 Å². The van der Waals surface area contributed by atoms with Crippen LogP contribution in [0.1, 0.15) is 27.9 Å². The van der Waals surface area contributed by atoms with Crippen LogP contribution >= 0.6 is 23.5 Å². The number of pyridine rings is 1. The minimum absolute atomic E-state index is 0.169. The van der Waals surface area contributed by atoms with E-state index in [-0.39, 0.29) is 16.9 Å². The number of rotatable bonds is 11. The standard InChI is InChI=1S/C28H32ClF3N6OS.CH2N2/c29-25-18-22(28(30,31)32)19-26(36-25)37-13-15-38(16-14-37)40-24-7-5-23(6-8-24)35-27(39)21-4-1-3-20(17-21)9-12-34-11-2-10-33;2-1-3/h1,3-8,17-19,34H,2,9-16,33H2,(H,35,39);2H2. The van der Waals surface area contributed by atoms with Crippen molar-refractivity contribution in [3.63, 3.8) is 0 Å². The molecule has 0 saturated carbocycles. The topological polar surface area (TPSA) is 136 Å². The van der Waals surface area contributed by atoms with Crippen LogP contribution < -0.4 is 27.0 Å². The lowest BCUT2D eigenvalue weighted by atomic mass is 10.1. The van der Waals surface area contributed by atoms with Crippen molar-refractivity contribution in [3.8, 4) is 6.19 Å². The fourth-order valence-electron chi connectivity index (χ4n) is 4.22. The number of amides is 1. The summed E-state index contributed by atoms with van der Waals surface area (Å²) < 4.78 is 41.6. The number of nitrogens with zero attached hydrogens (tertiary/aromatic N) is 4. The first-order valence-corrected chi connectivity index (χ1v) is 14.7. The second-order valence-electron chi connectivity index (χ2n) is 9.49. The Balaban J connectivity index is 0.00000162. The Labute approximate surface area is 258 Å². The fraction of sp³-hybridized carbons (Fsp3) is 0.345. The van der Waals surface area contributed by atoms with Crippen LogP contribution in [-0.4, -0.2) is 61.0 Å². The van der Waals surface area contributed by atoms with Gasteiger partial charge in [0.1, 0.15) is 11.0 Å². The van der Waals surface area contributed by atoms with Gasteiger partial charge in [0.2, 0.25) is 0 Å². The zero-order valence-electron chi connectivity index (χ0n) is 23.4. The molecule has 1 aromatic heterocycles. The van der Waals surface area contributed by atoms with Crippen molar-refractivity contribution in [2.45, 2.75) is 23.9 Å². The third kappa shape index (κ3) is 11.2. The Kier molecular flexibility index (Phi) is 13.4. The van der Waals surface area contributed by atoms with E-state index < -0.39 is 11.7 Å². The third-order valence-corrected chi connectivity index (χ3v) is 7.65. The number of nitriles is 1. The fourth-order valence-corrected chi connectivity index (χ4v) is 5.33. The van der Waals surface area contributed by atoms with Gasteiger partial charge in [0, 0.05) is 42.3 Å². The summed E-state index contributed by atoms with van der Waals surface area (Å²) in [5, 5.41) is 13.2. The number of hydrogen-bond donors (Lipinski definition) is 4. The number of alkyl halides is 3. The van der Waals surface area contributed by atoms with Crippen LogP contribution in [0.2, 0.25) is 5.15 Å². The molecule has 0 radical (unpaired) electrons. The van der Waals surface area contributed by atoms with E-state index in [9.17, 15) is 18.0 Å². The molecule has 2 aromatic carbocycles. The van der Waals surface area contributed by atoms with Crippen molar-refractivity contribution < 1.29 is 18.0 Å². The molecule has 1 fully saturated rings. The van der Waals surface area contributed by atoms with E-state index in [1.54, 1.807) is 18.0 Å². The molecule has 0 aliphatic carbocycles. The largest absolute Gasteiger partial charge is 0.416 e. The number of halogens is 4. The maximum atomic E-state index is 13.1. The lowest BCUT2D eigenvalue weighted by Crippen LogP contribution is -2.43. The quantitative estimate of drug-likeness (QED) is 0.0775. The van der Waals surface area contributed by atoms with E-state index in [1.165, 1.54) is 6.19 Å². The Hall–Kier alpha value is -3.54. The highest BCUT2D eigenvalue weighted by molar-refractivity contribution is 7.97. The molecule has 1 saturated heterocycles. The SMILES string of the molecule is N#CN.NCCCNCCc1cccc(C(=O)Nc2ccc(SN3CCN(c4cc(C(F)(F)F)cc(Cl)n4)CC3)cc2)c1. The monoisotopic (exact) mass is 634 g/mol. The maximum Gasteiger partial charge on any atom is 0.416 e. The number of piperazine rings is 1. The molecule has 0 unspecified atom stereocenters. The van der Waals surface area contributed by atoms with E-state index in [4.69, 9.17) is 22.6 Å². The van der Waals surface area contributed by atoms with Crippen LogP contribution in [0.15, 0.2) is 65.6 Å². The molecule has 14 heteroatoms. The van der Waals surface area contributed by atoms with E-state index in [1.807, 2.05) is 47.4 Å². The van der Waals surface area contributed by atoms with Gasteiger partial charge < -0.3 is 27.0 Å². The summed E-state index contributed by atoms with van der Waals surface area (Å²) in [7, 11) is 0. The van der Waals surface area contributed by atoms with Gasteiger partial charge in [-0.1, -0.05) is 23.7 Å². The van der Waals surface area contributed by atoms with Gasteiger partial charge >= 0.3 is 6.18 Å². The summed E-state index contributed by atoms with van der Waals surface area (Å²) in [5.74, 6) is 0.0621. The maximum absolute atomic E-state index is 13.1. The number of hydrogen-bond acceptors (Lipinski definition) is 9. The second kappa shape index (κ2) is 16.9. The molecule has 2 heterocycles. The molecule has 0 atom stereocenters. The molecule has 1 aliphatic rings. The van der Waals surface area contributed by atoms with E-state index in [0.29, 0.717) is 44.0 Å². The average Bonchev–Trinajstić information content (AvgIpc) is 2.98. The highest BCUT2D eigenvalue weighted by atomic mass is 35.5. The van der Waals surface area contributed by atoms with Crippen LogP contribution in [0, 0.1) is 11.5 Å². The highest BCUT2D eigenvalue weighted by Gasteiger charge is 2.32. The van der Waals surface area contributed by atoms with Crippen LogP contribution in [0.5, 0.6) is 0 Å². The number of nitrogens with two attached hydrogens (primary N) is 2. The molecule has 6 N–H and O–H groups in total. The van der Waals surface area contributed by atoms with Gasteiger partial charge in [-0.25, -0.2) is 9.29 Å². The molecule has 1 amide bonds. The number of carbonyl (C=O) groups is 1. The Morgan fingerprint density at radius 1 is 1.07 bits per heavy atom. The van der Waals surface area contributed by atoms with Gasteiger partial charge in [-0.2, -0.15) is 18.4 Å². The van der Waals surface area contributed by atoms with Gasteiger partial charge in [-0.05, 0) is 98.5 Å². The summed E-state index contributed by atoms with van der Waals surface area (Å²) in [5.41, 5.74) is 11.2. The van der Waals surface area contributed by atoms with Crippen LogP contribution in [-0.2, 0) is 12.6 Å². The summed E-state index contributed by atoms with van der Waals surface area (Å²) in [6.45, 7) is 4.70. The Morgan fingerprint density at radius 3 is 2.42 bits per heavy atom. The number of aromatic nitrogens is 1. The molecule has 1 aliphatic heterocycles. The van der Waals surface area contributed by atoms with E-state index >= 15 is 0 Å². The number of anilines is 2. The number of benzene rings is 2. The molecule has 3 aromatic rings. The average molecular weight is 635 g/mol. The van der Waals surface area contributed by atoms with Crippen molar-refractivity contribution in [3.05, 3.63) is 82.5 Å². The predicted molar refractivity (Wildman–Crippen MR) is 165 cm³/mol. The Bertz CT molecular complexity index is 1360. The van der Waals surface area contributed by atoms with E-state index in [2.05, 4.69) is 25.7 Å². The van der Waals surface area contributed by atoms with Crippen LogP contribution in [0.4, 0.5) is 24.7 Å².